The minimum atomic E-state index is 0.916. The van der Waals surface area contributed by atoms with Crippen LogP contribution in [0, 0.1) is 19.8 Å². The van der Waals surface area contributed by atoms with Gasteiger partial charge in [-0.2, -0.15) is 0 Å². The van der Waals surface area contributed by atoms with Crippen molar-refractivity contribution < 1.29 is 0 Å². The van der Waals surface area contributed by atoms with Gasteiger partial charge in [-0.3, -0.25) is 4.98 Å². The number of rotatable bonds is 2. The maximum Gasteiger partial charge on any atom is 0.0912 e. The molecule has 0 saturated heterocycles. The quantitative estimate of drug-likeness (QED) is 0.728. The SMILES string of the molecule is Cc1c(C)n(CC2CC2)c2cccnc12. The van der Waals surface area contributed by atoms with Gasteiger partial charge >= 0.3 is 0 Å². The van der Waals surface area contributed by atoms with E-state index in [0.717, 1.165) is 5.92 Å². The second-order valence-corrected chi connectivity index (χ2v) is 4.64. The Labute approximate surface area is 89.9 Å². The Hall–Kier alpha value is -1.31. The van der Waals surface area contributed by atoms with Crippen LogP contribution in [0.1, 0.15) is 24.1 Å². The lowest BCUT2D eigenvalue weighted by molar-refractivity contribution is 0.632. The smallest absolute Gasteiger partial charge is 0.0912 e. The Kier molecular flexibility index (Phi) is 1.84. The summed E-state index contributed by atoms with van der Waals surface area (Å²) in [5.41, 5.74) is 5.21. The summed E-state index contributed by atoms with van der Waals surface area (Å²) in [4.78, 5) is 4.47. The largest absolute Gasteiger partial charge is 0.343 e. The summed E-state index contributed by atoms with van der Waals surface area (Å²) in [5, 5.41) is 0. The van der Waals surface area contributed by atoms with Crippen molar-refractivity contribution in [1.29, 1.82) is 0 Å². The molecule has 0 N–H and O–H groups in total. The number of hydrogen-bond donors (Lipinski definition) is 0. The molecule has 0 aromatic carbocycles. The number of hydrogen-bond acceptors (Lipinski definition) is 1. The van der Waals surface area contributed by atoms with Crippen molar-refractivity contribution in [2.24, 2.45) is 5.92 Å². The number of fused-ring (bicyclic) bond motifs is 1. The van der Waals surface area contributed by atoms with Crippen LogP contribution in [0.4, 0.5) is 0 Å². The highest BCUT2D eigenvalue weighted by molar-refractivity contribution is 5.80. The highest BCUT2D eigenvalue weighted by Crippen LogP contribution is 2.33. The van der Waals surface area contributed by atoms with E-state index in [-0.39, 0.29) is 0 Å². The average molecular weight is 200 g/mol. The van der Waals surface area contributed by atoms with Gasteiger partial charge in [0.25, 0.3) is 0 Å². The predicted molar refractivity (Wildman–Crippen MR) is 61.9 cm³/mol. The molecular formula is C13H16N2. The first-order valence-electron chi connectivity index (χ1n) is 5.68. The average Bonchev–Trinajstić information content (AvgIpc) is 3.04. The van der Waals surface area contributed by atoms with E-state index in [4.69, 9.17) is 0 Å². The third-order valence-electron chi connectivity index (χ3n) is 3.52. The topological polar surface area (TPSA) is 17.8 Å². The molecule has 2 nitrogen and oxygen atoms in total. The molecule has 0 spiro atoms. The monoisotopic (exact) mass is 200 g/mol. The van der Waals surface area contributed by atoms with Gasteiger partial charge < -0.3 is 4.57 Å². The van der Waals surface area contributed by atoms with Crippen molar-refractivity contribution in [2.75, 3.05) is 0 Å². The normalized spacial score (nSPS) is 16.1. The summed E-state index contributed by atoms with van der Waals surface area (Å²) in [7, 11) is 0. The van der Waals surface area contributed by atoms with E-state index >= 15 is 0 Å². The first-order chi connectivity index (χ1) is 7.27. The molecule has 1 saturated carbocycles. The highest BCUT2D eigenvalue weighted by Gasteiger charge is 2.23. The Bertz CT molecular complexity index is 506. The van der Waals surface area contributed by atoms with Crippen LogP contribution in [0.5, 0.6) is 0 Å². The van der Waals surface area contributed by atoms with Crippen LogP contribution < -0.4 is 0 Å². The molecule has 0 atom stereocenters. The second kappa shape index (κ2) is 3.09. The van der Waals surface area contributed by atoms with E-state index in [9.17, 15) is 0 Å². The molecule has 1 fully saturated rings. The molecule has 1 aliphatic rings. The maximum atomic E-state index is 4.47. The van der Waals surface area contributed by atoms with E-state index in [1.165, 1.54) is 41.7 Å². The fourth-order valence-corrected chi connectivity index (χ4v) is 2.25. The number of aryl methyl sites for hydroxylation is 1. The fourth-order valence-electron chi connectivity index (χ4n) is 2.25. The van der Waals surface area contributed by atoms with Gasteiger partial charge in [0, 0.05) is 18.4 Å². The van der Waals surface area contributed by atoms with Gasteiger partial charge in [0.15, 0.2) is 0 Å². The van der Waals surface area contributed by atoms with Crippen molar-refractivity contribution in [3.63, 3.8) is 0 Å². The van der Waals surface area contributed by atoms with Crippen LogP contribution in [0.15, 0.2) is 18.3 Å². The molecule has 0 aliphatic heterocycles. The van der Waals surface area contributed by atoms with Crippen molar-refractivity contribution in [2.45, 2.75) is 33.2 Å². The van der Waals surface area contributed by atoms with E-state index in [2.05, 4.69) is 29.5 Å². The fraction of sp³-hybridized carbons (Fsp3) is 0.462. The molecule has 2 heterocycles. The standard InChI is InChI=1S/C13H16N2/c1-9-10(2)15(8-11-5-6-11)12-4-3-7-14-13(9)12/h3-4,7,11H,5-6,8H2,1-2H3. The molecule has 0 amide bonds. The zero-order chi connectivity index (χ0) is 10.4. The van der Waals surface area contributed by atoms with Gasteiger partial charge in [0.1, 0.15) is 0 Å². The molecule has 1 aliphatic carbocycles. The van der Waals surface area contributed by atoms with Gasteiger partial charge in [0.2, 0.25) is 0 Å². The molecule has 15 heavy (non-hydrogen) atoms. The molecule has 2 heteroatoms. The number of aromatic nitrogens is 2. The van der Waals surface area contributed by atoms with E-state index in [1.54, 1.807) is 0 Å². The van der Waals surface area contributed by atoms with E-state index in [1.807, 2.05) is 12.3 Å². The zero-order valence-electron chi connectivity index (χ0n) is 9.33. The predicted octanol–water partition coefficient (Wildman–Crippen LogP) is 3.06. The van der Waals surface area contributed by atoms with Crippen LogP contribution in [0.25, 0.3) is 11.0 Å². The molecule has 0 unspecified atom stereocenters. The third-order valence-corrected chi connectivity index (χ3v) is 3.52. The lowest BCUT2D eigenvalue weighted by Crippen LogP contribution is -2.01. The number of pyridine rings is 1. The van der Waals surface area contributed by atoms with Crippen molar-refractivity contribution in [3.8, 4) is 0 Å². The van der Waals surface area contributed by atoms with Crippen LogP contribution >= 0.6 is 0 Å². The minimum Gasteiger partial charge on any atom is -0.343 e. The second-order valence-electron chi connectivity index (χ2n) is 4.64. The van der Waals surface area contributed by atoms with Crippen LogP contribution in [-0.2, 0) is 6.54 Å². The first-order valence-corrected chi connectivity index (χ1v) is 5.68. The van der Waals surface area contributed by atoms with Crippen LogP contribution in [-0.4, -0.2) is 9.55 Å². The van der Waals surface area contributed by atoms with Gasteiger partial charge in [0.05, 0.1) is 11.0 Å². The van der Waals surface area contributed by atoms with Crippen LogP contribution in [0.3, 0.4) is 0 Å². The zero-order valence-corrected chi connectivity index (χ0v) is 9.33. The molecule has 3 rings (SSSR count). The summed E-state index contributed by atoms with van der Waals surface area (Å²) in [5.74, 6) is 0.916. The van der Waals surface area contributed by atoms with Gasteiger partial charge in [-0.15, -0.1) is 0 Å². The summed E-state index contributed by atoms with van der Waals surface area (Å²) < 4.78 is 2.44. The molecule has 2 aromatic heterocycles. The minimum absolute atomic E-state index is 0.916. The Balaban J connectivity index is 2.21. The molecule has 78 valence electrons. The molecule has 0 bridgehead atoms. The lowest BCUT2D eigenvalue weighted by Gasteiger charge is -2.06. The Morgan fingerprint density at radius 3 is 2.93 bits per heavy atom. The summed E-state index contributed by atoms with van der Waals surface area (Å²) in [6.07, 6.45) is 4.69. The van der Waals surface area contributed by atoms with Gasteiger partial charge in [-0.05, 0) is 50.3 Å². The number of nitrogens with zero attached hydrogens (tertiary/aromatic N) is 2. The van der Waals surface area contributed by atoms with E-state index < -0.39 is 0 Å². The van der Waals surface area contributed by atoms with Crippen molar-refractivity contribution in [3.05, 3.63) is 29.6 Å². The lowest BCUT2D eigenvalue weighted by atomic mass is 10.2. The first kappa shape index (κ1) is 8.96. The third kappa shape index (κ3) is 1.36. The molecule has 0 radical (unpaired) electrons. The van der Waals surface area contributed by atoms with Crippen molar-refractivity contribution >= 4 is 11.0 Å². The summed E-state index contributed by atoms with van der Waals surface area (Å²) in [6, 6.07) is 4.22. The van der Waals surface area contributed by atoms with E-state index in [0.29, 0.717) is 0 Å². The maximum absolute atomic E-state index is 4.47. The highest BCUT2D eigenvalue weighted by atomic mass is 15.0. The van der Waals surface area contributed by atoms with Gasteiger partial charge in [-0.25, -0.2) is 0 Å². The molecule has 2 aromatic rings. The Morgan fingerprint density at radius 1 is 1.40 bits per heavy atom. The van der Waals surface area contributed by atoms with Crippen molar-refractivity contribution in [1.82, 2.24) is 9.55 Å². The van der Waals surface area contributed by atoms with Gasteiger partial charge in [-0.1, -0.05) is 0 Å². The van der Waals surface area contributed by atoms with Crippen LogP contribution in [0.2, 0.25) is 0 Å². The summed E-state index contributed by atoms with van der Waals surface area (Å²) in [6.45, 7) is 5.56. The molecular weight excluding hydrogens is 184 g/mol. The summed E-state index contributed by atoms with van der Waals surface area (Å²) >= 11 is 0. The Morgan fingerprint density at radius 2 is 2.20 bits per heavy atom.